The molecule has 0 bridgehead atoms. The van der Waals surface area contributed by atoms with E-state index in [0.29, 0.717) is 5.69 Å². The van der Waals surface area contributed by atoms with Gasteiger partial charge in [-0.25, -0.2) is 0 Å². The molecule has 0 aromatic carbocycles. The first-order chi connectivity index (χ1) is 8.55. The lowest BCUT2D eigenvalue weighted by molar-refractivity contribution is 0.00578. The van der Waals surface area contributed by atoms with Crippen molar-refractivity contribution in [3.63, 3.8) is 0 Å². The van der Waals surface area contributed by atoms with Crippen LogP contribution >= 0.6 is 0 Å². The van der Waals surface area contributed by atoms with Gasteiger partial charge in [0.1, 0.15) is 5.60 Å². The van der Waals surface area contributed by atoms with Crippen molar-refractivity contribution >= 4 is 12.6 Å². The molecule has 1 aromatic rings. The lowest BCUT2D eigenvalue weighted by Gasteiger charge is -2.32. The minimum absolute atomic E-state index is 0.398. The molecule has 0 aliphatic carbocycles. The van der Waals surface area contributed by atoms with Gasteiger partial charge in [-0.1, -0.05) is 6.07 Å². The summed E-state index contributed by atoms with van der Waals surface area (Å²) >= 11 is 0. The zero-order chi connectivity index (χ0) is 14.5. The Balaban J connectivity index is 2.41. The maximum atomic E-state index is 10.2. The summed E-state index contributed by atoms with van der Waals surface area (Å²) in [6.45, 7) is 11.5. The first-order valence-electron chi connectivity index (χ1n) is 6.58. The molecule has 1 saturated heterocycles. The van der Waals surface area contributed by atoms with Crippen LogP contribution in [0.15, 0.2) is 18.3 Å². The molecule has 1 aromatic heterocycles. The Kier molecular flexibility index (Phi) is 3.28. The Morgan fingerprint density at radius 3 is 2.16 bits per heavy atom. The zero-order valence-corrected chi connectivity index (χ0v) is 12.5. The van der Waals surface area contributed by atoms with Crippen LogP contribution in [0, 0.1) is 0 Å². The number of pyridine rings is 1. The summed E-state index contributed by atoms with van der Waals surface area (Å²) in [6.07, 6.45) is 1.67. The summed E-state index contributed by atoms with van der Waals surface area (Å²) in [5.74, 6) is 0. The number of hydrogen-bond acceptors (Lipinski definition) is 4. The summed E-state index contributed by atoms with van der Waals surface area (Å²) in [5, 5.41) is 10.2. The number of aliphatic hydroxyl groups is 1. The first-order valence-corrected chi connectivity index (χ1v) is 6.58. The number of nitrogens with zero attached hydrogens (tertiary/aromatic N) is 1. The number of aromatic nitrogens is 1. The van der Waals surface area contributed by atoms with Crippen LogP contribution < -0.4 is 5.46 Å². The lowest BCUT2D eigenvalue weighted by atomic mass is 9.75. The van der Waals surface area contributed by atoms with E-state index in [1.54, 1.807) is 20.0 Å². The highest BCUT2D eigenvalue weighted by Crippen LogP contribution is 2.37. The van der Waals surface area contributed by atoms with Gasteiger partial charge in [-0.15, -0.1) is 0 Å². The molecule has 0 atom stereocenters. The Hall–Kier alpha value is -0.905. The quantitative estimate of drug-likeness (QED) is 0.823. The topological polar surface area (TPSA) is 51.6 Å². The Morgan fingerprint density at radius 1 is 1.16 bits per heavy atom. The van der Waals surface area contributed by atoms with Crippen LogP contribution in [0.2, 0.25) is 0 Å². The van der Waals surface area contributed by atoms with Gasteiger partial charge < -0.3 is 14.4 Å². The number of rotatable bonds is 2. The fourth-order valence-corrected chi connectivity index (χ4v) is 2.09. The normalized spacial score (nSPS) is 21.7. The lowest BCUT2D eigenvalue weighted by Crippen LogP contribution is -2.41. The minimum atomic E-state index is -1.03. The molecule has 0 saturated carbocycles. The van der Waals surface area contributed by atoms with Gasteiger partial charge in [0.15, 0.2) is 0 Å². The van der Waals surface area contributed by atoms with Crippen LogP contribution in [-0.2, 0) is 14.9 Å². The average molecular weight is 263 g/mol. The van der Waals surface area contributed by atoms with Gasteiger partial charge in [0.2, 0.25) is 0 Å². The second-order valence-electron chi connectivity index (χ2n) is 6.59. The van der Waals surface area contributed by atoms with Crippen molar-refractivity contribution in [1.82, 2.24) is 4.98 Å². The summed E-state index contributed by atoms with van der Waals surface area (Å²) < 4.78 is 12.0. The SMILES string of the molecule is CC(C)(O)c1ncccc1B1OC(C)(C)C(C)(C)O1. The van der Waals surface area contributed by atoms with Crippen molar-refractivity contribution in [3.05, 3.63) is 24.0 Å². The highest BCUT2D eigenvalue weighted by atomic mass is 16.7. The van der Waals surface area contributed by atoms with Crippen molar-refractivity contribution in [1.29, 1.82) is 0 Å². The molecule has 5 heteroatoms. The Labute approximate surface area is 115 Å². The van der Waals surface area contributed by atoms with E-state index in [0.717, 1.165) is 5.46 Å². The molecule has 1 aliphatic rings. The van der Waals surface area contributed by atoms with Crippen LogP contribution in [-0.4, -0.2) is 28.4 Å². The molecule has 0 amide bonds. The van der Waals surface area contributed by atoms with Crippen molar-refractivity contribution in [2.45, 2.75) is 58.3 Å². The van der Waals surface area contributed by atoms with E-state index < -0.39 is 23.9 Å². The Morgan fingerprint density at radius 2 is 1.68 bits per heavy atom. The predicted octanol–water partition coefficient (Wildman–Crippen LogP) is 1.61. The largest absolute Gasteiger partial charge is 0.496 e. The molecule has 2 heterocycles. The monoisotopic (exact) mass is 263 g/mol. The molecule has 19 heavy (non-hydrogen) atoms. The van der Waals surface area contributed by atoms with E-state index in [1.165, 1.54) is 0 Å². The summed E-state index contributed by atoms with van der Waals surface area (Å²) in [5.41, 5.74) is -0.447. The molecule has 4 nitrogen and oxygen atoms in total. The summed E-state index contributed by atoms with van der Waals surface area (Å²) in [4.78, 5) is 4.28. The van der Waals surface area contributed by atoms with E-state index >= 15 is 0 Å². The van der Waals surface area contributed by atoms with E-state index in [1.807, 2.05) is 39.8 Å². The molecule has 1 aliphatic heterocycles. The van der Waals surface area contributed by atoms with Crippen LogP contribution in [0.4, 0.5) is 0 Å². The van der Waals surface area contributed by atoms with Crippen molar-refractivity contribution < 1.29 is 14.4 Å². The van der Waals surface area contributed by atoms with E-state index in [-0.39, 0.29) is 0 Å². The summed E-state index contributed by atoms with van der Waals surface area (Å²) in [7, 11) is -0.500. The maximum Gasteiger partial charge on any atom is 0.496 e. The molecule has 0 radical (unpaired) electrons. The smallest absolute Gasteiger partial charge is 0.399 e. The molecule has 0 unspecified atom stereocenters. The average Bonchev–Trinajstić information content (AvgIpc) is 2.47. The third-order valence-electron chi connectivity index (χ3n) is 3.93. The third kappa shape index (κ3) is 2.55. The van der Waals surface area contributed by atoms with E-state index in [4.69, 9.17) is 9.31 Å². The highest BCUT2D eigenvalue weighted by Gasteiger charge is 2.52. The van der Waals surface area contributed by atoms with Gasteiger partial charge in [-0.3, -0.25) is 4.98 Å². The third-order valence-corrected chi connectivity index (χ3v) is 3.93. The molecule has 104 valence electrons. The standard InChI is InChI=1S/C14H22BNO3/c1-12(2,17)11-10(8-7-9-16-11)15-18-13(3,4)14(5,6)19-15/h7-9,17H,1-6H3. The van der Waals surface area contributed by atoms with Crippen molar-refractivity contribution in [2.75, 3.05) is 0 Å². The fraction of sp³-hybridized carbons (Fsp3) is 0.643. The second kappa shape index (κ2) is 4.30. The van der Waals surface area contributed by atoms with Crippen LogP contribution in [0.5, 0.6) is 0 Å². The molecular formula is C14H22BNO3. The van der Waals surface area contributed by atoms with Gasteiger partial charge in [-0.05, 0) is 47.6 Å². The molecule has 1 N–H and O–H groups in total. The van der Waals surface area contributed by atoms with Gasteiger partial charge in [0, 0.05) is 11.7 Å². The maximum absolute atomic E-state index is 10.2. The van der Waals surface area contributed by atoms with Crippen LogP contribution in [0.1, 0.15) is 47.2 Å². The number of hydrogen-bond donors (Lipinski definition) is 1. The van der Waals surface area contributed by atoms with Crippen molar-refractivity contribution in [3.8, 4) is 0 Å². The van der Waals surface area contributed by atoms with Gasteiger partial charge >= 0.3 is 7.12 Å². The van der Waals surface area contributed by atoms with Gasteiger partial charge in [0.25, 0.3) is 0 Å². The second-order valence-corrected chi connectivity index (χ2v) is 6.59. The molecule has 1 fully saturated rings. The van der Waals surface area contributed by atoms with Crippen LogP contribution in [0.3, 0.4) is 0 Å². The highest BCUT2D eigenvalue weighted by molar-refractivity contribution is 6.62. The molecular weight excluding hydrogens is 241 g/mol. The minimum Gasteiger partial charge on any atom is -0.399 e. The van der Waals surface area contributed by atoms with E-state index in [9.17, 15) is 5.11 Å². The fourth-order valence-electron chi connectivity index (χ4n) is 2.09. The zero-order valence-electron chi connectivity index (χ0n) is 12.5. The molecule has 2 rings (SSSR count). The predicted molar refractivity (Wildman–Crippen MR) is 75.2 cm³/mol. The van der Waals surface area contributed by atoms with Crippen LogP contribution in [0.25, 0.3) is 0 Å². The first kappa shape index (κ1) is 14.5. The van der Waals surface area contributed by atoms with Crippen molar-refractivity contribution in [2.24, 2.45) is 0 Å². The Bertz CT molecular complexity index is 464. The van der Waals surface area contributed by atoms with Gasteiger partial charge in [-0.2, -0.15) is 0 Å². The molecule has 0 spiro atoms. The summed E-state index contributed by atoms with van der Waals surface area (Å²) in [6, 6.07) is 3.72. The van der Waals surface area contributed by atoms with E-state index in [2.05, 4.69) is 4.98 Å². The van der Waals surface area contributed by atoms with Gasteiger partial charge in [0.05, 0.1) is 16.9 Å².